The highest BCUT2D eigenvalue weighted by atomic mass is 16.8. The number of aliphatic carboxylic acids is 1. The van der Waals surface area contributed by atoms with Gasteiger partial charge in [0.1, 0.15) is 78.7 Å². The fraction of sp³-hybridized carbons (Fsp3) is 0.900. The van der Waals surface area contributed by atoms with Crippen molar-refractivity contribution in [1.29, 1.82) is 0 Å². The summed E-state index contributed by atoms with van der Waals surface area (Å²) >= 11 is 0. The molecular weight excluding hydrogens is 937 g/mol. The highest BCUT2D eigenvalue weighted by Gasteiger charge is 2.74. The highest BCUT2D eigenvalue weighted by molar-refractivity contribution is 5.79. The second kappa shape index (κ2) is 19.9. The van der Waals surface area contributed by atoms with Crippen LogP contribution < -0.4 is 0 Å². The van der Waals surface area contributed by atoms with Gasteiger partial charge in [-0.05, 0) is 129 Å². The lowest BCUT2D eigenvalue weighted by molar-refractivity contribution is -0.361. The Morgan fingerprint density at radius 1 is 0.648 bits per heavy atom. The molecule has 0 radical (unpaired) electrons. The molecule has 3 saturated heterocycles. The van der Waals surface area contributed by atoms with E-state index in [0.29, 0.717) is 63.4 Å². The normalized spacial score (nSPS) is 52.8. The maximum atomic E-state index is 15.0. The van der Waals surface area contributed by atoms with Gasteiger partial charge in [-0.25, -0.2) is 0 Å². The van der Waals surface area contributed by atoms with Crippen LogP contribution in [0.25, 0.3) is 0 Å². The van der Waals surface area contributed by atoms with Gasteiger partial charge in [0, 0.05) is 6.92 Å². The largest absolute Gasteiger partial charge is 0.481 e. The Morgan fingerprint density at radius 3 is 1.94 bits per heavy atom. The topological polar surface area (TPSA) is 338 Å². The second-order valence-corrected chi connectivity index (χ2v) is 23.3. The molecule has 71 heavy (non-hydrogen) atoms. The van der Waals surface area contributed by atoms with Crippen molar-refractivity contribution in [3.63, 3.8) is 0 Å². The van der Waals surface area contributed by atoms with Crippen molar-refractivity contribution in [1.82, 2.24) is 0 Å². The molecule has 0 aromatic carbocycles. The average molecular weight is 1020 g/mol. The standard InChI is InChI=1S/C50H78O21/c1-21(18-51)24-10-15-50(17-16-47(5)25(31(24)50)8-9-28-46(4)13-12-30(67-23(3)53)49(7,44(62)63)29(46)11-14-48(28,47)6)45(64)71-43-38(60)35(57)33(55)27(69-43)20-65-41-39(61)36(58)40(26(19-52)68-41)70-42-37(59)34(56)32(54)22(2)66-42/h22,24-43,51-52,54-61H,1,8-20H2,2-7H3,(H,62,63)/t22-,24+,25-,26-,27-,28-,29-,30-,31-,32-,33-,34+,35+,36-,37+,38-,39-,40-,41-,42-,43+,46-,47-,48-,49+,50+/m1/s1. The molecule has 5 saturated carbocycles. The summed E-state index contributed by atoms with van der Waals surface area (Å²) in [6.07, 6.45) is -19.8. The van der Waals surface area contributed by atoms with Crippen molar-refractivity contribution in [3.05, 3.63) is 12.2 Å². The fourth-order valence-electron chi connectivity index (χ4n) is 16.1. The zero-order valence-electron chi connectivity index (χ0n) is 41.5. The maximum Gasteiger partial charge on any atom is 0.314 e. The number of aliphatic hydroxyl groups is 10. The molecule has 0 unspecified atom stereocenters. The minimum Gasteiger partial charge on any atom is -0.481 e. The summed E-state index contributed by atoms with van der Waals surface area (Å²) in [7, 11) is 0. The van der Waals surface area contributed by atoms with E-state index >= 15 is 4.79 Å². The molecule has 404 valence electrons. The van der Waals surface area contributed by atoms with Crippen LogP contribution in [0.1, 0.15) is 106 Å². The first-order valence-electron chi connectivity index (χ1n) is 25.5. The molecule has 0 bridgehead atoms. The van der Waals surface area contributed by atoms with E-state index in [0.717, 1.165) is 6.42 Å². The third-order valence-electron chi connectivity index (χ3n) is 20.2. The predicted octanol–water partition coefficient (Wildman–Crippen LogP) is -0.368. The molecule has 3 heterocycles. The Hall–Kier alpha value is -2.45. The summed E-state index contributed by atoms with van der Waals surface area (Å²) in [4.78, 5) is 40.5. The van der Waals surface area contributed by atoms with E-state index < -0.39 is 146 Å². The van der Waals surface area contributed by atoms with Gasteiger partial charge in [-0.3, -0.25) is 14.4 Å². The molecule has 0 amide bonds. The molecule has 8 rings (SSSR count). The van der Waals surface area contributed by atoms with Gasteiger partial charge in [0.05, 0.1) is 31.3 Å². The lowest BCUT2D eigenvalue weighted by atomic mass is 9.32. The number of fused-ring (bicyclic) bond motifs is 7. The summed E-state index contributed by atoms with van der Waals surface area (Å²) in [6, 6.07) is 0. The van der Waals surface area contributed by atoms with Crippen LogP contribution >= 0.6 is 0 Å². The number of carboxylic acid groups (broad SMARTS) is 1. The molecule has 0 aromatic heterocycles. The SMILES string of the molecule is C=C(CO)[C@@H]1CC[C@]2(C(=O)O[C@@H]3O[C@H](CO[C@@H]4O[C@H](CO)[C@@H](O[C@H]5O[C@H](C)[C@@H](O)[C@H](O)[C@@H]5O)[C@H](O)[C@H]4O)[C@@H](O)[C@H](O)[C@H]3O)CC[C@]3(C)[C@H](CC[C@@H]4[C@@]5(C)CC[C@@H](OC(C)=O)[C@@](C)(C(=O)O)[C@@H]5CC[C@]43C)[C@@H]12. The Bertz CT molecular complexity index is 1990. The van der Waals surface area contributed by atoms with Crippen LogP contribution in [0.4, 0.5) is 0 Å². The van der Waals surface area contributed by atoms with E-state index in [1.165, 1.54) is 13.8 Å². The number of carboxylic acids is 1. The maximum absolute atomic E-state index is 15.0. The second-order valence-electron chi connectivity index (χ2n) is 23.3. The van der Waals surface area contributed by atoms with Gasteiger partial charge < -0.3 is 89.3 Å². The molecule has 3 aliphatic heterocycles. The number of carbonyl (C=O) groups is 3. The summed E-state index contributed by atoms with van der Waals surface area (Å²) in [5, 5.41) is 118. The number of carbonyl (C=O) groups excluding carboxylic acids is 2. The Labute approximate surface area is 413 Å². The van der Waals surface area contributed by atoms with Crippen LogP contribution in [-0.4, -0.2) is 192 Å². The first-order valence-corrected chi connectivity index (χ1v) is 25.5. The van der Waals surface area contributed by atoms with E-state index in [1.54, 1.807) is 6.92 Å². The lowest BCUT2D eigenvalue weighted by Crippen LogP contribution is -2.68. The highest BCUT2D eigenvalue weighted by Crippen LogP contribution is 2.78. The predicted molar refractivity (Wildman–Crippen MR) is 242 cm³/mol. The molecule has 8 fully saturated rings. The number of aliphatic hydroxyl groups excluding tert-OH is 10. The molecular formula is C50H78O21. The van der Waals surface area contributed by atoms with Crippen LogP contribution in [0.2, 0.25) is 0 Å². The fourth-order valence-corrected chi connectivity index (χ4v) is 16.1. The van der Waals surface area contributed by atoms with Crippen LogP contribution in [0.3, 0.4) is 0 Å². The molecule has 11 N–H and O–H groups in total. The van der Waals surface area contributed by atoms with Crippen LogP contribution in [0.15, 0.2) is 12.2 Å². The van der Waals surface area contributed by atoms with Crippen LogP contribution in [0, 0.1) is 56.7 Å². The third-order valence-corrected chi connectivity index (χ3v) is 20.2. The first-order chi connectivity index (χ1) is 33.3. The number of hydrogen-bond acceptors (Lipinski definition) is 20. The smallest absolute Gasteiger partial charge is 0.314 e. The Balaban J connectivity index is 0.982. The van der Waals surface area contributed by atoms with E-state index in [1.807, 2.05) is 0 Å². The summed E-state index contributed by atoms with van der Waals surface area (Å²) in [5.74, 6) is -2.99. The zero-order valence-corrected chi connectivity index (χ0v) is 41.5. The van der Waals surface area contributed by atoms with Gasteiger partial charge in [-0.2, -0.15) is 0 Å². The first kappa shape index (κ1) is 54.8. The van der Waals surface area contributed by atoms with Gasteiger partial charge in [0.25, 0.3) is 0 Å². The van der Waals surface area contributed by atoms with Gasteiger partial charge >= 0.3 is 17.9 Å². The van der Waals surface area contributed by atoms with Crippen molar-refractivity contribution < 1.29 is 104 Å². The molecule has 21 nitrogen and oxygen atoms in total. The summed E-state index contributed by atoms with van der Waals surface area (Å²) < 4.78 is 40.3. The molecule has 5 aliphatic carbocycles. The minimum absolute atomic E-state index is 0.0664. The molecule has 21 heteroatoms. The number of esters is 2. The van der Waals surface area contributed by atoms with Gasteiger partial charge in [0.2, 0.25) is 6.29 Å². The van der Waals surface area contributed by atoms with Crippen LogP contribution in [0.5, 0.6) is 0 Å². The summed E-state index contributed by atoms with van der Waals surface area (Å²) in [5.41, 5.74) is -2.88. The quantitative estimate of drug-likeness (QED) is 0.0878. The Morgan fingerprint density at radius 2 is 1.30 bits per heavy atom. The van der Waals surface area contributed by atoms with Crippen molar-refractivity contribution >= 4 is 17.9 Å². The Kier molecular flexibility index (Phi) is 15.4. The third kappa shape index (κ3) is 8.62. The minimum atomic E-state index is -1.91. The van der Waals surface area contributed by atoms with E-state index in [2.05, 4.69) is 27.4 Å². The molecule has 0 aromatic rings. The lowest BCUT2D eigenvalue weighted by Gasteiger charge is -2.72. The number of ether oxygens (including phenoxy) is 7. The van der Waals surface area contributed by atoms with E-state index in [9.17, 15) is 65.8 Å². The van der Waals surface area contributed by atoms with Crippen molar-refractivity contribution in [2.75, 3.05) is 19.8 Å². The van der Waals surface area contributed by atoms with Crippen molar-refractivity contribution in [3.8, 4) is 0 Å². The zero-order chi connectivity index (χ0) is 52.1. The molecule has 0 spiro atoms. The molecule has 26 atom stereocenters. The van der Waals surface area contributed by atoms with Crippen LogP contribution in [-0.2, 0) is 47.5 Å². The molecule has 8 aliphatic rings. The van der Waals surface area contributed by atoms with E-state index in [-0.39, 0.29) is 47.0 Å². The number of rotatable bonds is 12. The number of hydrogen-bond donors (Lipinski definition) is 11. The van der Waals surface area contributed by atoms with Crippen molar-refractivity contribution in [2.24, 2.45) is 56.7 Å². The van der Waals surface area contributed by atoms with Gasteiger partial charge in [-0.15, -0.1) is 0 Å². The van der Waals surface area contributed by atoms with E-state index in [4.69, 9.17) is 33.2 Å². The monoisotopic (exact) mass is 1010 g/mol. The van der Waals surface area contributed by atoms with Gasteiger partial charge in [-0.1, -0.05) is 27.4 Å². The van der Waals surface area contributed by atoms with Gasteiger partial charge in [0.15, 0.2) is 12.6 Å². The summed E-state index contributed by atoms with van der Waals surface area (Å²) in [6.45, 7) is 13.8. The van der Waals surface area contributed by atoms with Crippen molar-refractivity contribution in [2.45, 2.75) is 204 Å². The average Bonchev–Trinajstić information content (AvgIpc) is 3.73.